The van der Waals surface area contributed by atoms with Crippen molar-refractivity contribution in [2.75, 3.05) is 26.5 Å². The number of methoxy groups -OCH3 is 1. The fraction of sp³-hybridized carbons (Fsp3) is 0.318. The van der Waals surface area contributed by atoms with Gasteiger partial charge in [0.25, 0.3) is 5.91 Å². The lowest BCUT2D eigenvalue weighted by molar-refractivity contribution is -0.134. The summed E-state index contributed by atoms with van der Waals surface area (Å²) >= 11 is 0. The molecule has 3 rings (SSSR count). The van der Waals surface area contributed by atoms with Gasteiger partial charge in [-0.1, -0.05) is 18.2 Å². The van der Waals surface area contributed by atoms with E-state index < -0.39 is 6.04 Å². The van der Waals surface area contributed by atoms with E-state index >= 15 is 0 Å². The summed E-state index contributed by atoms with van der Waals surface area (Å²) in [4.78, 5) is 40.7. The van der Waals surface area contributed by atoms with Crippen molar-refractivity contribution >= 4 is 23.4 Å². The predicted octanol–water partition coefficient (Wildman–Crippen LogP) is 2.31. The number of hydrogen-bond donors (Lipinski definition) is 1. The van der Waals surface area contributed by atoms with Crippen LogP contribution in [-0.4, -0.2) is 54.8 Å². The number of amides is 3. The third kappa shape index (κ3) is 4.23. The first kappa shape index (κ1) is 20.4. The molecule has 0 fully saturated rings. The Morgan fingerprint density at radius 1 is 1.10 bits per heavy atom. The highest BCUT2D eigenvalue weighted by atomic mass is 16.5. The maximum atomic E-state index is 13.4. The second-order valence-electron chi connectivity index (χ2n) is 7.25. The molecule has 29 heavy (non-hydrogen) atoms. The van der Waals surface area contributed by atoms with Crippen LogP contribution in [0.5, 0.6) is 5.75 Å². The van der Waals surface area contributed by atoms with Crippen LogP contribution in [0.25, 0.3) is 0 Å². The standard InChI is InChI=1S/C22H25N3O4/c1-14(26)23-17-10-9-15-12-19(22(28)24(2)3)25(13-16(15)11-17)21(27)18-7-5-6-8-20(18)29-4/h5-11,19H,12-13H2,1-4H3,(H,23,26). The molecular weight excluding hydrogens is 370 g/mol. The normalized spacial score (nSPS) is 15.3. The Morgan fingerprint density at radius 3 is 2.48 bits per heavy atom. The van der Waals surface area contributed by atoms with Crippen molar-refractivity contribution in [3.63, 3.8) is 0 Å². The third-order valence-electron chi connectivity index (χ3n) is 4.98. The summed E-state index contributed by atoms with van der Waals surface area (Å²) in [5.74, 6) is -0.0993. The molecule has 1 aliphatic heterocycles. The van der Waals surface area contributed by atoms with Gasteiger partial charge in [-0.15, -0.1) is 0 Å². The maximum absolute atomic E-state index is 13.4. The lowest BCUT2D eigenvalue weighted by Crippen LogP contribution is -2.52. The van der Waals surface area contributed by atoms with Gasteiger partial charge in [0.2, 0.25) is 11.8 Å². The first-order chi connectivity index (χ1) is 13.8. The quantitative estimate of drug-likeness (QED) is 0.862. The van der Waals surface area contributed by atoms with Crippen LogP contribution >= 0.6 is 0 Å². The number of nitrogens with zero attached hydrogens (tertiary/aromatic N) is 2. The average Bonchev–Trinajstić information content (AvgIpc) is 2.71. The Hall–Kier alpha value is -3.35. The highest BCUT2D eigenvalue weighted by Crippen LogP contribution is 2.30. The smallest absolute Gasteiger partial charge is 0.258 e. The summed E-state index contributed by atoms with van der Waals surface area (Å²) in [6.07, 6.45) is 0.410. The number of ether oxygens (including phenoxy) is 1. The minimum atomic E-state index is -0.610. The molecule has 3 amide bonds. The molecule has 1 N–H and O–H groups in total. The molecule has 152 valence electrons. The number of likely N-dealkylation sites (N-methyl/N-ethyl adjacent to an activating group) is 1. The molecule has 0 aliphatic carbocycles. The van der Waals surface area contributed by atoms with Gasteiger partial charge in [-0.3, -0.25) is 14.4 Å². The molecule has 2 aromatic rings. The lowest BCUT2D eigenvalue weighted by atomic mass is 9.92. The number of benzene rings is 2. The molecule has 1 heterocycles. The molecule has 7 nitrogen and oxygen atoms in total. The van der Waals surface area contributed by atoms with Crippen LogP contribution in [0.4, 0.5) is 5.69 Å². The molecular formula is C22H25N3O4. The predicted molar refractivity (Wildman–Crippen MR) is 110 cm³/mol. The van der Waals surface area contributed by atoms with Gasteiger partial charge >= 0.3 is 0 Å². The largest absolute Gasteiger partial charge is 0.496 e. The van der Waals surface area contributed by atoms with Crippen LogP contribution in [-0.2, 0) is 22.6 Å². The van der Waals surface area contributed by atoms with Gasteiger partial charge in [-0.05, 0) is 35.4 Å². The van der Waals surface area contributed by atoms with E-state index in [0.717, 1.165) is 11.1 Å². The van der Waals surface area contributed by atoms with Crippen molar-refractivity contribution in [3.05, 3.63) is 59.2 Å². The first-order valence-corrected chi connectivity index (χ1v) is 9.36. The second-order valence-corrected chi connectivity index (χ2v) is 7.25. The number of anilines is 1. The van der Waals surface area contributed by atoms with E-state index in [-0.39, 0.29) is 24.3 Å². The van der Waals surface area contributed by atoms with E-state index in [1.807, 2.05) is 18.2 Å². The fourth-order valence-corrected chi connectivity index (χ4v) is 3.57. The molecule has 1 atom stereocenters. The van der Waals surface area contributed by atoms with Gasteiger partial charge in [0.05, 0.1) is 12.7 Å². The summed E-state index contributed by atoms with van der Waals surface area (Å²) < 4.78 is 5.34. The number of fused-ring (bicyclic) bond motifs is 1. The van der Waals surface area contributed by atoms with Crippen molar-refractivity contribution in [1.29, 1.82) is 0 Å². The van der Waals surface area contributed by atoms with Gasteiger partial charge in [0.15, 0.2) is 0 Å². The van der Waals surface area contributed by atoms with E-state index in [0.29, 0.717) is 23.4 Å². The van der Waals surface area contributed by atoms with E-state index in [1.54, 1.807) is 43.3 Å². The number of para-hydroxylation sites is 1. The Kier molecular flexibility index (Phi) is 5.87. The highest BCUT2D eigenvalue weighted by Gasteiger charge is 2.36. The summed E-state index contributed by atoms with van der Waals surface area (Å²) in [6, 6.07) is 12.0. The molecule has 1 aliphatic rings. The topological polar surface area (TPSA) is 79.0 Å². The highest BCUT2D eigenvalue weighted by molar-refractivity contribution is 6.00. The molecule has 0 spiro atoms. The molecule has 2 aromatic carbocycles. The number of hydrogen-bond acceptors (Lipinski definition) is 4. The van der Waals surface area contributed by atoms with Gasteiger partial charge < -0.3 is 19.9 Å². The monoisotopic (exact) mass is 395 g/mol. The Morgan fingerprint density at radius 2 is 1.83 bits per heavy atom. The van der Waals surface area contributed by atoms with Crippen LogP contribution < -0.4 is 10.1 Å². The third-order valence-corrected chi connectivity index (χ3v) is 4.98. The Balaban J connectivity index is 2.01. The molecule has 0 aromatic heterocycles. The molecule has 0 radical (unpaired) electrons. The molecule has 0 saturated heterocycles. The van der Waals surface area contributed by atoms with Crippen LogP contribution in [0.1, 0.15) is 28.4 Å². The second kappa shape index (κ2) is 8.34. The summed E-state index contributed by atoms with van der Waals surface area (Å²) in [7, 11) is 4.88. The Labute approximate surface area is 170 Å². The van der Waals surface area contributed by atoms with E-state index in [2.05, 4.69) is 5.32 Å². The van der Waals surface area contributed by atoms with Crippen molar-refractivity contribution < 1.29 is 19.1 Å². The minimum Gasteiger partial charge on any atom is -0.496 e. The van der Waals surface area contributed by atoms with Crippen molar-refractivity contribution in [3.8, 4) is 5.75 Å². The van der Waals surface area contributed by atoms with E-state index in [4.69, 9.17) is 4.74 Å². The summed E-state index contributed by atoms with van der Waals surface area (Å²) in [6.45, 7) is 1.71. The van der Waals surface area contributed by atoms with Crippen molar-refractivity contribution in [2.45, 2.75) is 25.9 Å². The lowest BCUT2D eigenvalue weighted by Gasteiger charge is -2.37. The minimum absolute atomic E-state index is 0.134. The maximum Gasteiger partial charge on any atom is 0.258 e. The van der Waals surface area contributed by atoms with Crippen molar-refractivity contribution in [2.24, 2.45) is 0 Å². The van der Waals surface area contributed by atoms with E-state index in [1.165, 1.54) is 18.9 Å². The van der Waals surface area contributed by atoms with Crippen molar-refractivity contribution in [1.82, 2.24) is 9.80 Å². The molecule has 0 bridgehead atoms. The first-order valence-electron chi connectivity index (χ1n) is 9.36. The molecule has 7 heteroatoms. The van der Waals surface area contributed by atoms with Crippen LogP contribution in [0.15, 0.2) is 42.5 Å². The van der Waals surface area contributed by atoms with E-state index in [9.17, 15) is 14.4 Å². The number of carbonyl (C=O) groups is 3. The number of nitrogens with one attached hydrogen (secondary N) is 1. The SMILES string of the molecule is COc1ccccc1C(=O)N1Cc2cc(NC(C)=O)ccc2CC1C(=O)N(C)C. The zero-order valence-electron chi connectivity index (χ0n) is 17.1. The molecule has 1 unspecified atom stereocenters. The zero-order chi connectivity index (χ0) is 21.1. The van der Waals surface area contributed by atoms with Gasteiger partial charge in [-0.2, -0.15) is 0 Å². The number of rotatable bonds is 4. The van der Waals surface area contributed by atoms with Crippen LogP contribution in [0.3, 0.4) is 0 Å². The van der Waals surface area contributed by atoms with Gasteiger partial charge in [-0.25, -0.2) is 0 Å². The number of carbonyl (C=O) groups excluding carboxylic acids is 3. The summed E-state index contributed by atoms with van der Waals surface area (Å²) in [5, 5.41) is 2.76. The van der Waals surface area contributed by atoms with Gasteiger partial charge in [0, 0.05) is 39.7 Å². The van der Waals surface area contributed by atoms with Crippen LogP contribution in [0.2, 0.25) is 0 Å². The van der Waals surface area contributed by atoms with Gasteiger partial charge in [0.1, 0.15) is 11.8 Å². The summed E-state index contributed by atoms with van der Waals surface area (Å²) in [5.41, 5.74) is 2.97. The zero-order valence-corrected chi connectivity index (χ0v) is 17.1. The molecule has 0 saturated carbocycles. The fourth-order valence-electron chi connectivity index (χ4n) is 3.57. The average molecular weight is 395 g/mol. The van der Waals surface area contributed by atoms with Crippen LogP contribution in [0, 0.1) is 0 Å². The Bertz CT molecular complexity index is 955.